The van der Waals surface area contributed by atoms with Crippen LogP contribution in [0.5, 0.6) is 0 Å². The first-order valence-electron chi connectivity index (χ1n) is 26.1. The molecule has 0 aliphatic rings. The molecule has 0 spiro atoms. The number of fused-ring (bicyclic) bond motifs is 3. The number of halogens is 6. The van der Waals surface area contributed by atoms with Crippen molar-refractivity contribution < 1.29 is 0 Å². The SMILES string of the molecule is Cc1ccc(N(c2cc(Br)c(Br)c(Br)c2)c2c(C)cc(C(C)(C)C)cc2C)cc1.Cc1ccc(N(c2ccc(Br)cc2)c2c(C)cc(C(C)(C)C)cc2C)cc1.Cc1ccc2c3cc(Br)c(Br)cc3n(-c3ccccc3)c2c1. The minimum absolute atomic E-state index is 0.117. The summed E-state index contributed by atoms with van der Waals surface area (Å²) in [5, 5.41) is 2.53. The summed E-state index contributed by atoms with van der Waals surface area (Å²) >= 11 is 21.8. The van der Waals surface area contributed by atoms with Crippen molar-refractivity contribution in [1.82, 2.24) is 4.57 Å². The molecule has 0 fully saturated rings. The van der Waals surface area contributed by atoms with Gasteiger partial charge >= 0.3 is 0 Å². The van der Waals surface area contributed by atoms with Gasteiger partial charge in [-0.05, 0) is 269 Å². The highest BCUT2D eigenvalue weighted by Crippen LogP contribution is 2.46. The Morgan fingerprint density at radius 1 is 0.346 bits per heavy atom. The maximum atomic E-state index is 3.69. The molecule has 9 aromatic carbocycles. The molecule has 1 aromatic heterocycles. The van der Waals surface area contributed by atoms with E-state index in [4.69, 9.17) is 0 Å². The Morgan fingerprint density at radius 2 is 0.731 bits per heavy atom. The molecule has 10 rings (SSSR count). The summed E-state index contributed by atoms with van der Waals surface area (Å²) in [6.07, 6.45) is 0. The van der Waals surface area contributed by atoms with Crippen molar-refractivity contribution in [3.63, 3.8) is 0 Å². The van der Waals surface area contributed by atoms with Crippen LogP contribution in [0.1, 0.15) is 91.6 Å². The third-order valence-electron chi connectivity index (χ3n) is 14.0. The molecule has 0 saturated heterocycles. The second kappa shape index (κ2) is 24.5. The molecule has 10 aromatic rings. The largest absolute Gasteiger partial charge is 0.310 e. The Morgan fingerprint density at radius 3 is 1.17 bits per heavy atom. The number of rotatable bonds is 7. The highest BCUT2D eigenvalue weighted by Gasteiger charge is 2.24. The van der Waals surface area contributed by atoms with Crippen LogP contribution >= 0.6 is 95.6 Å². The molecule has 0 unspecified atom stereocenters. The lowest BCUT2D eigenvalue weighted by Crippen LogP contribution is -2.16. The summed E-state index contributed by atoms with van der Waals surface area (Å²) in [5.41, 5.74) is 22.6. The first-order valence-corrected chi connectivity index (χ1v) is 30.9. The Kier molecular flexibility index (Phi) is 18.7. The van der Waals surface area contributed by atoms with Gasteiger partial charge in [0.15, 0.2) is 0 Å². The second-order valence-corrected chi connectivity index (χ2v) is 27.6. The zero-order valence-corrected chi connectivity index (χ0v) is 56.3. The lowest BCUT2D eigenvalue weighted by Gasteiger charge is -2.31. The van der Waals surface area contributed by atoms with E-state index in [1.807, 2.05) is 0 Å². The minimum atomic E-state index is 0.117. The van der Waals surface area contributed by atoms with Gasteiger partial charge in [0.25, 0.3) is 0 Å². The summed E-state index contributed by atoms with van der Waals surface area (Å²) in [6.45, 7) is 28.9. The topological polar surface area (TPSA) is 11.4 Å². The van der Waals surface area contributed by atoms with Crippen LogP contribution < -0.4 is 9.80 Å². The van der Waals surface area contributed by atoms with Gasteiger partial charge in [0.1, 0.15) is 0 Å². The van der Waals surface area contributed by atoms with Gasteiger partial charge in [0, 0.05) is 66.0 Å². The van der Waals surface area contributed by atoms with Gasteiger partial charge in [-0.2, -0.15) is 0 Å². The average molecular weight is 1420 g/mol. The third kappa shape index (κ3) is 13.4. The molecule has 0 N–H and O–H groups in total. The molecule has 0 amide bonds. The minimum Gasteiger partial charge on any atom is -0.310 e. The van der Waals surface area contributed by atoms with Crippen LogP contribution in [-0.2, 0) is 10.8 Å². The van der Waals surface area contributed by atoms with Gasteiger partial charge in [0.05, 0.1) is 22.4 Å². The van der Waals surface area contributed by atoms with Crippen LogP contribution in [0, 0.1) is 48.5 Å². The molecule has 1 heterocycles. The lowest BCUT2D eigenvalue weighted by molar-refractivity contribution is 0.589. The van der Waals surface area contributed by atoms with Crippen molar-refractivity contribution in [2.24, 2.45) is 0 Å². The number of hydrogen-bond donors (Lipinski definition) is 0. The van der Waals surface area contributed by atoms with Crippen LogP contribution in [0.4, 0.5) is 34.1 Å². The number of anilines is 6. The molecule has 9 heteroatoms. The van der Waals surface area contributed by atoms with E-state index in [9.17, 15) is 0 Å². The summed E-state index contributed by atoms with van der Waals surface area (Å²) in [4.78, 5) is 4.71. The van der Waals surface area contributed by atoms with Gasteiger partial charge in [-0.15, -0.1) is 0 Å². The van der Waals surface area contributed by atoms with Crippen LogP contribution in [0.25, 0.3) is 27.5 Å². The predicted molar refractivity (Wildman–Crippen MR) is 360 cm³/mol. The second-order valence-electron chi connectivity index (χ2n) is 22.4. The predicted octanol–water partition coefficient (Wildman–Crippen LogP) is 24.4. The van der Waals surface area contributed by atoms with Crippen LogP contribution in [0.3, 0.4) is 0 Å². The smallest absolute Gasteiger partial charge is 0.0553 e. The molecule has 0 radical (unpaired) electrons. The Hall–Kier alpha value is -4.74. The maximum absolute atomic E-state index is 3.69. The molecule has 400 valence electrons. The molecular formula is C69H67Br6N3. The Balaban J connectivity index is 0.000000156. The van der Waals surface area contributed by atoms with E-state index in [-0.39, 0.29) is 10.8 Å². The molecular weight excluding hydrogens is 1350 g/mol. The van der Waals surface area contributed by atoms with Crippen molar-refractivity contribution in [1.29, 1.82) is 0 Å². The fourth-order valence-corrected chi connectivity index (χ4v) is 12.3. The summed E-state index contributed by atoms with van der Waals surface area (Å²) in [7, 11) is 0. The number of aryl methyl sites for hydroxylation is 7. The van der Waals surface area contributed by atoms with E-state index in [2.05, 4.69) is 370 Å². The zero-order valence-electron chi connectivity index (χ0n) is 46.8. The van der Waals surface area contributed by atoms with Crippen molar-refractivity contribution in [2.75, 3.05) is 9.80 Å². The summed E-state index contributed by atoms with van der Waals surface area (Å²) in [5.74, 6) is 0. The van der Waals surface area contributed by atoms with Crippen LogP contribution in [0.2, 0.25) is 0 Å². The Labute approximate surface area is 514 Å². The molecule has 0 atom stereocenters. The molecule has 3 nitrogen and oxygen atoms in total. The van der Waals surface area contributed by atoms with Crippen molar-refractivity contribution in [3.05, 3.63) is 247 Å². The highest BCUT2D eigenvalue weighted by atomic mass is 79.9. The maximum Gasteiger partial charge on any atom is 0.0553 e. The monoisotopic (exact) mass is 1410 g/mol. The van der Waals surface area contributed by atoms with E-state index in [0.717, 1.165) is 43.9 Å². The van der Waals surface area contributed by atoms with E-state index >= 15 is 0 Å². The van der Waals surface area contributed by atoms with Gasteiger partial charge < -0.3 is 14.4 Å². The fourth-order valence-electron chi connectivity index (χ4n) is 9.92. The summed E-state index contributed by atoms with van der Waals surface area (Å²) in [6, 6.07) is 61.2. The van der Waals surface area contributed by atoms with Crippen molar-refractivity contribution >= 4 is 152 Å². The number of benzene rings is 9. The van der Waals surface area contributed by atoms with Gasteiger partial charge in [-0.1, -0.05) is 147 Å². The van der Waals surface area contributed by atoms with Gasteiger partial charge in [-0.25, -0.2) is 0 Å². The molecule has 0 aliphatic heterocycles. The average Bonchev–Trinajstić information content (AvgIpc) is 3.88. The Bertz CT molecular complexity index is 3660. The zero-order chi connectivity index (χ0) is 56.5. The molecule has 0 aliphatic carbocycles. The number of nitrogens with zero attached hydrogens (tertiary/aromatic N) is 3. The van der Waals surface area contributed by atoms with Crippen LogP contribution in [-0.4, -0.2) is 4.57 Å². The van der Waals surface area contributed by atoms with Crippen molar-refractivity contribution in [3.8, 4) is 5.69 Å². The third-order valence-corrected chi connectivity index (χ3v) is 19.6. The summed E-state index contributed by atoms with van der Waals surface area (Å²) < 4.78 is 8.60. The quantitative estimate of drug-likeness (QED) is 0.147. The number of aromatic nitrogens is 1. The molecule has 0 saturated carbocycles. The van der Waals surface area contributed by atoms with E-state index in [1.54, 1.807) is 0 Å². The first kappa shape index (κ1) is 59.4. The van der Waals surface area contributed by atoms with Gasteiger partial charge in [0.2, 0.25) is 0 Å². The lowest BCUT2D eigenvalue weighted by atomic mass is 9.84. The van der Waals surface area contributed by atoms with E-state index < -0.39 is 0 Å². The van der Waals surface area contributed by atoms with E-state index in [0.29, 0.717) is 0 Å². The highest BCUT2D eigenvalue weighted by molar-refractivity contribution is 9.14. The number of para-hydroxylation sites is 1. The normalized spacial score (nSPS) is 11.5. The van der Waals surface area contributed by atoms with Crippen molar-refractivity contribution in [2.45, 2.75) is 101 Å². The van der Waals surface area contributed by atoms with Gasteiger partial charge in [-0.3, -0.25) is 0 Å². The standard InChI is InChI=1S/C25H26Br3N.C25H28BrN.C19H13Br2N/c1-15-7-9-19(10-8-15)29(20-13-21(26)23(28)22(27)14-20)24-16(2)11-18(12-17(24)3)25(4,5)6;1-17-7-11-22(12-8-17)27(23-13-9-21(26)10-14-23)24-18(2)15-20(16-19(24)3)25(4,5)6;1-12-7-8-14-15-10-16(20)17(21)11-19(15)22(18(14)9-12)13-5-3-2-4-6-13/h7-14H,1-6H3;7-16H,1-6H3;2-11H,1H3. The van der Waals surface area contributed by atoms with E-state index in [1.165, 1.54) is 94.6 Å². The van der Waals surface area contributed by atoms with Crippen LogP contribution in [0.15, 0.2) is 197 Å². The first-order chi connectivity index (χ1) is 36.8. The molecule has 0 bridgehead atoms. The number of hydrogen-bond acceptors (Lipinski definition) is 2. The molecule has 78 heavy (non-hydrogen) atoms. The fraction of sp³-hybridized carbons (Fsp3) is 0.217.